The van der Waals surface area contributed by atoms with Crippen LogP contribution in [0.5, 0.6) is 0 Å². The molecule has 0 aromatic carbocycles. The van der Waals surface area contributed by atoms with E-state index in [-0.39, 0.29) is 17.7 Å². The van der Waals surface area contributed by atoms with Crippen LogP contribution in [-0.4, -0.2) is 29.8 Å². The quantitative estimate of drug-likeness (QED) is 0.532. The number of rotatable bonds is 2. The van der Waals surface area contributed by atoms with Gasteiger partial charge in [-0.1, -0.05) is 0 Å². The van der Waals surface area contributed by atoms with Crippen molar-refractivity contribution in [2.45, 2.75) is 6.42 Å². The number of nitrogens with two attached hydrogens (primary N) is 1. The highest BCUT2D eigenvalue weighted by molar-refractivity contribution is 5.93. The molecule has 0 unspecified atom stereocenters. The van der Waals surface area contributed by atoms with Crippen LogP contribution >= 0.6 is 0 Å². The third-order valence-electron chi connectivity index (χ3n) is 1.86. The number of likely N-dealkylation sites (tertiary alicyclic amines) is 1. The van der Waals surface area contributed by atoms with Crippen molar-refractivity contribution in [2.24, 2.45) is 11.7 Å². The number of hydrogen-bond acceptors (Lipinski definition) is 2. The summed E-state index contributed by atoms with van der Waals surface area (Å²) in [5, 5.41) is 0. The Morgan fingerprint density at radius 1 is 1.58 bits per heavy atom. The highest BCUT2D eigenvalue weighted by Crippen LogP contribution is 2.17. The summed E-state index contributed by atoms with van der Waals surface area (Å²) in [7, 11) is 0. The SMILES string of the molecule is C#CC(=O)N1CC(CC(N)=O)C1. The molecule has 0 atom stereocenters. The van der Waals surface area contributed by atoms with Crippen molar-refractivity contribution < 1.29 is 9.59 Å². The first-order chi connectivity index (χ1) is 5.63. The van der Waals surface area contributed by atoms with E-state index in [1.165, 1.54) is 4.90 Å². The Balaban J connectivity index is 2.25. The summed E-state index contributed by atoms with van der Waals surface area (Å²) in [6, 6.07) is 0. The first-order valence-corrected chi connectivity index (χ1v) is 3.67. The van der Waals surface area contributed by atoms with Crippen LogP contribution in [0.15, 0.2) is 0 Å². The van der Waals surface area contributed by atoms with Gasteiger partial charge in [0.05, 0.1) is 0 Å². The average Bonchev–Trinajstić information content (AvgIpc) is 1.94. The van der Waals surface area contributed by atoms with Crippen molar-refractivity contribution in [1.82, 2.24) is 4.90 Å². The summed E-state index contributed by atoms with van der Waals surface area (Å²) in [4.78, 5) is 22.7. The maximum absolute atomic E-state index is 10.8. The van der Waals surface area contributed by atoms with Gasteiger partial charge >= 0.3 is 0 Å². The summed E-state index contributed by atoms with van der Waals surface area (Å²) in [6.45, 7) is 1.12. The van der Waals surface area contributed by atoms with Gasteiger partial charge in [0, 0.05) is 25.4 Å². The molecular weight excluding hydrogens is 156 g/mol. The van der Waals surface area contributed by atoms with Crippen LogP contribution < -0.4 is 5.73 Å². The predicted octanol–water partition coefficient (Wildman–Crippen LogP) is -1.05. The number of terminal acetylenes is 1. The molecule has 12 heavy (non-hydrogen) atoms. The van der Waals surface area contributed by atoms with Gasteiger partial charge < -0.3 is 10.6 Å². The zero-order valence-electron chi connectivity index (χ0n) is 6.62. The summed E-state index contributed by atoms with van der Waals surface area (Å²) in [5.74, 6) is 1.58. The lowest BCUT2D eigenvalue weighted by molar-refractivity contribution is -0.133. The fraction of sp³-hybridized carbons (Fsp3) is 0.500. The number of hydrogen-bond donors (Lipinski definition) is 1. The molecule has 0 saturated carbocycles. The van der Waals surface area contributed by atoms with E-state index in [9.17, 15) is 9.59 Å². The average molecular weight is 166 g/mol. The summed E-state index contributed by atoms with van der Waals surface area (Å²) < 4.78 is 0. The van der Waals surface area contributed by atoms with Gasteiger partial charge in [-0.05, 0) is 5.92 Å². The molecule has 1 heterocycles. The monoisotopic (exact) mass is 166 g/mol. The van der Waals surface area contributed by atoms with Gasteiger partial charge in [0.15, 0.2) is 0 Å². The van der Waals surface area contributed by atoms with Crippen molar-refractivity contribution >= 4 is 11.8 Å². The Bertz CT molecular complexity index is 248. The van der Waals surface area contributed by atoms with Crippen molar-refractivity contribution in [1.29, 1.82) is 0 Å². The summed E-state index contributed by atoms with van der Waals surface area (Å²) in [6.07, 6.45) is 5.24. The first kappa shape index (κ1) is 8.60. The molecule has 0 bridgehead atoms. The van der Waals surface area contributed by atoms with Crippen LogP contribution in [0.3, 0.4) is 0 Å². The predicted molar refractivity (Wildman–Crippen MR) is 42.7 cm³/mol. The molecule has 1 aliphatic rings. The van der Waals surface area contributed by atoms with Crippen molar-refractivity contribution in [3.05, 3.63) is 0 Å². The van der Waals surface area contributed by atoms with Gasteiger partial charge in [-0.2, -0.15) is 0 Å². The van der Waals surface area contributed by atoms with Gasteiger partial charge in [-0.15, -0.1) is 6.42 Å². The molecule has 2 N–H and O–H groups in total. The smallest absolute Gasteiger partial charge is 0.298 e. The van der Waals surface area contributed by atoms with Crippen LogP contribution in [0.25, 0.3) is 0 Å². The summed E-state index contributed by atoms with van der Waals surface area (Å²) >= 11 is 0. The second-order valence-electron chi connectivity index (χ2n) is 2.89. The van der Waals surface area contributed by atoms with E-state index in [1.807, 2.05) is 5.92 Å². The Labute approximate surface area is 70.7 Å². The van der Waals surface area contributed by atoms with Gasteiger partial charge in [0.25, 0.3) is 5.91 Å². The van der Waals surface area contributed by atoms with E-state index < -0.39 is 0 Å². The fourth-order valence-corrected chi connectivity index (χ4v) is 1.24. The van der Waals surface area contributed by atoms with Crippen molar-refractivity contribution in [2.75, 3.05) is 13.1 Å². The Hall–Kier alpha value is -1.50. The van der Waals surface area contributed by atoms with Crippen LogP contribution in [0.2, 0.25) is 0 Å². The van der Waals surface area contributed by atoms with E-state index in [0.717, 1.165) is 0 Å². The fourth-order valence-electron chi connectivity index (χ4n) is 1.24. The van der Waals surface area contributed by atoms with E-state index in [0.29, 0.717) is 19.5 Å². The Morgan fingerprint density at radius 2 is 2.17 bits per heavy atom. The third-order valence-corrected chi connectivity index (χ3v) is 1.86. The van der Waals surface area contributed by atoms with E-state index in [4.69, 9.17) is 12.2 Å². The number of carbonyl (C=O) groups is 2. The number of amides is 2. The third kappa shape index (κ3) is 1.76. The Morgan fingerprint density at radius 3 is 2.58 bits per heavy atom. The minimum atomic E-state index is -0.326. The molecule has 0 aromatic rings. The normalized spacial score (nSPS) is 16.4. The van der Waals surface area contributed by atoms with Gasteiger partial charge in [0.2, 0.25) is 5.91 Å². The largest absolute Gasteiger partial charge is 0.370 e. The Kier molecular flexibility index (Phi) is 2.34. The van der Waals surface area contributed by atoms with Crippen LogP contribution in [0.4, 0.5) is 0 Å². The van der Waals surface area contributed by atoms with E-state index in [2.05, 4.69) is 0 Å². The molecular formula is C8H10N2O2. The lowest BCUT2D eigenvalue weighted by Gasteiger charge is -2.37. The molecule has 1 rings (SSSR count). The molecule has 1 aliphatic heterocycles. The minimum absolute atomic E-state index is 0.208. The highest BCUT2D eigenvalue weighted by atomic mass is 16.2. The van der Waals surface area contributed by atoms with Gasteiger partial charge in [-0.25, -0.2) is 0 Å². The number of nitrogens with zero attached hydrogens (tertiary/aromatic N) is 1. The zero-order valence-corrected chi connectivity index (χ0v) is 6.62. The molecule has 0 spiro atoms. The lowest BCUT2D eigenvalue weighted by Crippen LogP contribution is -2.50. The summed E-state index contributed by atoms with van der Waals surface area (Å²) in [5.41, 5.74) is 4.97. The topological polar surface area (TPSA) is 63.4 Å². The molecule has 2 amide bonds. The van der Waals surface area contributed by atoms with Crippen LogP contribution in [0, 0.1) is 18.3 Å². The van der Waals surface area contributed by atoms with E-state index in [1.54, 1.807) is 0 Å². The maximum Gasteiger partial charge on any atom is 0.298 e. The second-order valence-corrected chi connectivity index (χ2v) is 2.89. The molecule has 0 aromatic heterocycles. The molecule has 1 saturated heterocycles. The molecule has 64 valence electrons. The van der Waals surface area contributed by atoms with Crippen LogP contribution in [-0.2, 0) is 9.59 Å². The lowest BCUT2D eigenvalue weighted by atomic mass is 9.96. The first-order valence-electron chi connectivity index (χ1n) is 3.67. The van der Waals surface area contributed by atoms with Crippen molar-refractivity contribution in [3.8, 4) is 12.3 Å². The highest BCUT2D eigenvalue weighted by Gasteiger charge is 2.30. The zero-order chi connectivity index (χ0) is 9.14. The second kappa shape index (κ2) is 3.26. The standard InChI is InChI=1S/C8H10N2O2/c1-2-8(12)10-4-6(5-10)3-7(9)11/h1,6H,3-5H2,(H2,9,11). The van der Waals surface area contributed by atoms with Crippen molar-refractivity contribution in [3.63, 3.8) is 0 Å². The maximum atomic E-state index is 10.8. The van der Waals surface area contributed by atoms with Crippen LogP contribution in [0.1, 0.15) is 6.42 Å². The molecule has 4 nitrogen and oxygen atoms in total. The number of primary amides is 1. The molecule has 4 heteroatoms. The number of carbonyl (C=O) groups excluding carboxylic acids is 2. The minimum Gasteiger partial charge on any atom is -0.370 e. The van der Waals surface area contributed by atoms with Gasteiger partial charge in [-0.3, -0.25) is 9.59 Å². The molecule has 1 fully saturated rings. The van der Waals surface area contributed by atoms with E-state index >= 15 is 0 Å². The van der Waals surface area contributed by atoms with Gasteiger partial charge in [0.1, 0.15) is 0 Å². The molecule has 0 radical (unpaired) electrons. The molecule has 0 aliphatic carbocycles.